The van der Waals surface area contributed by atoms with Crippen LogP contribution < -0.4 is 4.90 Å². The molecule has 0 aliphatic carbocycles. The Morgan fingerprint density at radius 1 is 1.33 bits per heavy atom. The Bertz CT molecular complexity index is 425. The molecule has 1 unspecified atom stereocenters. The molecule has 100 valence electrons. The van der Waals surface area contributed by atoms with E-state index >= 15 is 0 Å². The number of hydrogen-bond acceptors (Lipinski definition) is 2. The summed E-state index contributed by atoms with van der Waals surface area (Å²) in [6, 6.07) is 6.69. The SMILES string of the molecule is Cc1ccc(N2CCC(CO)CC2(C)C)c(C)c1. The van der Waals surface area contributed by atoms with Crippen molar-refractivity contribution in [1.82, 2.24) is 0 Å². The lowest BCUT2D eigenvalue weighted by Gasteiger charge is -2.47. The molecule has 1 fully saturated rings. The molecular formula is C16H25NO. The van der Waals surface area contributed by atoms with E-state index < -0.39 is 0 Å². The highest BCUT2D eigenvalue weighted by atomic mass is 16.3. The number of aliphatic hydroxyl groups is 1. The van der Waals surface area contributed by atoms with E-state index in [1.54, 1.807) is 0 Å². The first-order valence-electron chi connectivity index (χ1n) is 6.90. The van der Waals surface area contributed by atoms with Crippen LogP contribution in [0.15, 0.2) is 18.2 Å². The van der Waals surface area contributed by atoms with Crippen LogP contribution in [0, 0.1) is 19.8 Å². The molecule has 0 amide bonds. The second-order valence-electron chi connectivity index (χ2n) is 6.30. The van der Waals surface area contributed by atoms with Gasteiger partial charge in [0.05, 0.1) is 0 Å². The molecule has 2 rings (SSSR count). The lowest BCUT2D eigenvalue weighted by Crippen LogP contribution is -2.51. The Hall–Kier alpha value is -1.02. The van der Waals surface area contributed by atoms with Crippen molar-refractivity contribution in [1.29, 1.82) is 0 Å². The summed E-state index contributed by atoms with van der Waals surface area (Å²) in [4.78, 5) is 2.51. The number of anilines is 1. The summed E-state index contributed by atoms with van der Waals surface area (Å²) in [5.41, 5.74) is 4.15. The van der Waals surface area contributed by atoms with Gasteiger partial charge < -0.3 is 10.0 Å². The van der Waals surface area contributed by atoms with Crippen molar-refractivity contribution in [2.24, 2.45) is 5.92 Å². The lowest BCUT2D eigenvalue weighted by atomic mass is 9.82. The van der Waals surface area contributed by atoms with E-state index in [0.717, 1.165) is 19.4 Å². The minimum absolute atomic E-state index is 0.131. The normalized spacial score (nSPS) is 23.2. The van der Waals surface area contributed by atoms with Crippen molar-refractivity contribution >= 4 is 5.69 Å². The summed E-state index contributed by atoms with van der Waals surface area (Å²) in [5.74, 6) is 0.460. The Morgan fingerprint density at radius 2 is 2.06 bits per heavy atom. The van der Waals surface area contributed by atoms with E-state index in [1.165, 1.54) is 16.8 Å². The Labute approximate surface area is 111 Å². The third kappa shape index (κ3) is 2.54. The van der Waals surface area contributed by atoms with Crippen LogP contribution in [0.25, 0.3) is 0 Å². The van der Waals surface area contributed by atoms with Gasteiger partial charge in [0.25, 0.3) is 0 Å². The van der Waals surface area contributed by atoms with Gasteiger partial charge in [0, 0.05) is 24.4 Å². The van der Waals surface area contributed by atoms with Gasteiger partial charge in [-0.1, -0.05) is 17.7 Å². The summed E-state index contributed by atoms with van der Waals surface area (Å²) in [5, 5.41) is 9.35. The first-order valence-corrected chi connectivity index (χ1v) is 6.90. The Kier molecular flexibility index (Phi) is 3.67. The van der Waals surface area contributed by atoms with Crippen molar-refractivity contribution in [3.63, 3.8) is 0 Å². The van der Waals surface area contributed by atoms with Crippen LogP contribution in [-0.4, -0.2) is 23.8 Å². The molecule has 0 radical (unpaired) electrons. The fourth-order valence-corrected chi connectivity index (χ4v) is 3.24. The third-order valence-electron chi connectivity index (χ3n) is 4.18. The fourth-order valence-electron chi connectivity index (χ4n) is 3.24. The zero-order chi connectivity index (χ0) is 13.3. The van der Waals surface area contributed by atoms with Crippen LogP contribution in [-0.2, 0) is 0 Å². The first-order chi connectivity index (χ1) is 8.44. The number of piperidine rings is 1. The highest BCUT2D eigenvalue weighted by molar-refractivity contribution is 5.56. The number of aryl methyl sites for hydroxylation is 2. The average Bonchev–Trinajstić information content (AvgIpc) is 2.29. The van der Waals surface area contributed by atoms with E-state index in [2.05, 4.69) is 50.8 Å². The standard InChI is InChI=1S/C16H25NO/c1-12-5-6-15(13(2)9-12)17-8-7-14(11-18)10-16(17,3)4/h5-6,9,14,18H,7-8,10-11H2,1-4H3. The van der Waals surface area contributed by atoms with Gasteiger partial charge in [-0.15, -0.1) is 0 Å². The molecule has 1 aliphatic rings. The number of aliphatic hydroxyl groups excluding tert-OH is 1. The van der Waals surface area contributed by atoms with E-state index in [-0.39, 0.29) is 5.54 Å². The van der Waals surface area contributed by atoms with E-state index in [9.17, 15) is 5.11 Å². The molecule has 0 aromatic heterocycles. The average molecular weight is 247 g/mol. The summed E-state index contributed by atoms with van der Waals surface area (Å²) in [6.07, 6.45) is 2.16. The van der Waals surface area contributed by atoms with Gasteiger partial charge in [-0.2, -0.15) is 0 Å². The number of hydrogen-bond donors (Lipinski definition) is 1. The number of rotatable bonds is 2. The van der Waals surface area contributed by atoms with Crippen LogP contribution in [0.2, 0.25) is 0 Å². The minimum Gasteiger partial charge on any atom is -0.396 e. The molecule has 1 atom stereocenters. The fraction of sp³-hybridized carbons (Fsp3) is 0.625. The molecule has 1 aromatic rings. The van der Waals surface area contributed by atoms with Gasteiger partial charge in [0.1, 0.15) is 0 Å². The highest BCUT2D eigenvalue weighted by Gasteiger charge is 2.34. The first kappa shape index (κ1) is 13.4. The maximum Gasteiger partial charge on any atom is 0.0460 e. The molecule has 18 heavy (non-hydrogen) atoms. The molecule has 1 aliphatic heterocycles. The van der Waals surface area contributed by atoms with Crippen LogP contribution in [0.3, 0.4) is 0 Å². The number of nitrogens with zero attached hydrogens (tertiary/aromatic N) is 1. The van der Waals surface area contributed by atoms with Crippen molar-refractivity contribution in [2.45, 2.75) is 46.1 Å². The largest absolute Gasteiger partial charge is 0.396 e. The summed E-state index contributed by atoms with van der Waals surface area (Å²) < 4.78 is 0. The summed E-state index contributed by atoms with van der Waals surface area (Å²) in [6.45, 7) is 10.3. The predicted molar refractivity (Wildman–Crippen MR) is 77.2 cm³/mol. The number of benzene rings is 1. The Morgan fingerprint density at radius 3 is 2.61 bits per heavy atom. The van der Waals surface area contributed by atoms with Crippen molar-refractivity contribution in [3.05, 3.63) is 29.3 Å². The van der Waals surface area contributed by atoms with Crippen molar-refractivity contribution in [3.8, 4) is 0 Å². The Balaban J connectivity index is 2.27. The van der Waals surface area contributed by atoms with E-state index in [1.807, 2.05) is 0 Å². The zero-order valence-corrected chi connectivity index (χ0v) is 12.0. The molecule has 1 heterocycles. The van der Waals surface area contributed by atoms with Gasteiger partial charge in [0.2, 0.25) is 0 Å². The molecule has 0 saturated carbocycles. The smallest absolute Gasteiger partial charge is 0.0460 e. The summed E-state index contributed by atoms with van der Waals surface area (Å²) in [7, 11) is 0. The van der Waals surface area contributed by atoms with Crippen LogP contribution in [0.1, 0.15) is 37.8 Å². The highest BCUT2D eigenvalue weighted by Crippen LogP contribution is 2.36. The maximum atomic E-state index is 9.35. The predicted octanol–water partition coefficient (Wildman–Crippen LogP) is 3.29. The van der Waals surface area contributed by atoms with Gasteiger partial charge in [-0.05, 0) is 58.1 Å². The summed E-state index contributed by atoms with van der Waals surface area (Å²) >= 11 is 0. The van der Waals surface area contributed by atoms with Crippen LogP contribution >= 0.6 is 0 Å². The maximum absolute atomic E-state index is 9.35. The lowest BCUT2D eigenvalue weighted by molar-refractivity contribution is 0.166. The van der Waals surface area contributed by atoms with Gasteiger partial charge in [-0.25, -0.2) is 0 Å². The zero-order valence-electron chi connectivity index (χ0n) is 12.0. The molecule has 2 nitrogen and oxygen atoms in total. The van der Waals surface area contributed by atoms with E-state index in [4.69, 9.17) is 0 Å². The van der Waals surface area contributed by atoms with Gasteiger partial charge >= 0.3 is 0 Å². The minimum atomic E-state index is 0.131. The van der Waals surface area contributed by atoms with E-state index in [0.29, 0.717) is 12.5 Å². The third-order valence-corrected chi connectivity index (χ3v) is 4.18. The molecule has 2 heteroatoms. The topological polar surface area (TPSA) is 23.5 Å². The van der Waals surface area contributed by atoms with Crippen LogP contribution in [0.5, 0.6) is 0 Å². The second kappa shape index (κ2) is 4.93. The molecular weight excluding hydrogens is 222 g/mol. The molecule has 1 N–H and O–H groups in total. The molecule has 1 saturated heterocycles. The van der Waals surface area contributed by atoms with Crippen molar-refractivity contribution < 1.29 is 5.11 Å². The van der Waals surface area contributed by atoms with Crippen molar-refractivity contribution in [2.75, 3.05) is 18.1 Å². The molecule has 0 bridgehead atoms. The van der Waals surface area contributed by atoms with Crippen LogP contribution in [0.4, 0.5) is 5.69 Å². The van der Waals surface area contributed by atoms with Gasteiger partial charge in [-0.3, -0.25) is 0 Å². The quantitative estimate of drug-likeness (QED) is 0.867. The second-order valence-corrected chi connectivity index (χ2v) is 6.30. The van der Waals surface area contributed by atoms with Gasteiger partial charge in [0.15, 0.2) is 0 Å². The molecule has 0 spiro atoms. The molecule has 1 aromatic carbocycles. The monoisotopic (exact) mass is 247 g/mol.